The van der Waals surface area contributed by atoms with Gasteiger partial charge in [0.25, 0.3) is 5.91 Å². The van der Waals surface area contributed by atoms with E-state index in [0.29, 0.717) is 25.0 Å². The molecule has 0 radical (unpaired) electrons. The van der Waals surface area contributed by atoms with Crippen LogP contribution in [0.25, 0.3) is 0 Å². The Hall–Kier alpha value is -2.90. The zero-order valence-electron chi connectivity index (χ0n) is 16.1. The van der Waals surface area contributed by atoms with Crippen LogP contribution in [0, 0.1) is 23.3 Å². The molecule has 0 unspecified atom stereocenters. The van der Waals surface area contributed by atoms with Gasteiger partial charge in [0.1, 0.15) is 33.2 Å². The Morgan fingerprint density at radius 2 is 1.75 bits per heavy atom. The lowest BCUT2D eigenvalue weighted by Gasteiger charge is -2.22. The van der Waals surface area contributed by atoms with Crippen LogP contribution in [-0.4, -0.2) is 35.4 Å². The molecular weight excluding hydrogens is 472 g/mol. The van der Waals surface area contributed by atoms with Crippen molar-refractivity contribution in [2.45, 2.75) is 23.8 Å². The Kier molecular flexibility index (Phi) is 5.97. The number of hydrogen-bond donors (Lipinski definition) is 1. The summed E-state index contributed by atoms with van der Waals surface area (Å²) in [7, 11) is -4.39. The minimum atomic E-state index is -4.39. The van der Waals surface area contributed by atoms with Crippen molar-refractivity contribution in [1.29, 1.82) is 0 Å². The van der Waals surface area contributed by atoms with E-state index in [1.165, 1.54) is 0 Å². The number of carbonyl (C=O) groups excluding carboxylic acids is 1. The number of anilines is 1. The summed E-state index contributed by atoms with van der Waals surface area (Å²) < 4.78 is 81.4. The first-order valence-corrected chi connectivity index (χ1v) is 11.5. The van der Waals surface area contributed by atoms with Crippen LogP contribution in [0.3, 0.4) is 0 Å². The van der Waals surface area contributed by atoms with Gasteiger partial charge in [-0.25, -0.2) is 26.0 Å². The standard InChI is InChI=1S/C19H14F4N4O3S2/c20-10-4-6-14(13(23)8-10)24-17(28)19-26-25-18(31-19)15-2-1-7-27(15)32(29,30)16-9-11(21)3-5-12(16)22/h3-6,8-9,15H,1-2,7H2,(H,24,28)/t15-/m0/s1. The first-order chi connectivity index (χ1) is 15.2. The molecule has 0 bridgehead atoms. The topological polar surface area (TPSA) is 92.3 Å². The van der Waals surface area contributed by atoms with Crippen molar-refractivity contribution in [2.75, 3.05) is 11.9 Å². The quantitative estimate of drug-likeness (QED) is 0.553. The number of rotatable bonds is 5. The molecule has 0 spiro atoms. The lowest BCUT2D eigenvalue weighted by Crippen LogP contribution is -2.31. The Labute approximate surface area is 183 Å². The van der Waals surface area contributed by atoms with E-state index in [0.717, 1.165) is 39.9 Å². The Bertz CT molecular complexity index is 1300. The van der Waals surface area contributed by atoms with Crippen LogP contribution in [0.4, 0.5) is 23.2 Å². The summed E-state index contributed by atoms with van der Waals surface area (Å²) in [5.74, 6) is -4.59. The van der Waals surface area contributed by atoms with Gasteiger partial charge < -0.3 is 5.32 Å². The summed E-state index contributed by atoms with van der Waals surface area (Å²) in [6, 6.07) is 3.94. The fourth-order valence-electron chi connectivity index (χ4n) is 3.30. The van der Waals surface area contributed by atoms with E-state index < -0.39 is 50.1 Å². The lowest BCUT2D eigenvalue weighted by molar-refractivity contribution is 0.102. The van der Waals surface area contributed by atoms with Gasteiger partial charge in [-0.15, -0.1) is 10.2 Å². The maximum Gasteiger partial charge on any atom is 0.286 e. The van der Waals surface area contributed by atoms with Gasteiger partial charge in [0.2, 0.25) is 15.0 Å². The van der Waals surface area contributed by atoms with Gasteiger partial charge in [0, 0.05) is 12.6 Å². The number of aromatic nitrogens is 2. The average Bonchev–Trinajstić information content (AvgIpc) is 3.41. The molecule has 168 valence electrons. The third-order valence-electron chi connectivity index (χ3n) is 4.78. The van der Waals surface area contributed by atoms with Crippen LogP contribution in [0.5, 0.6) is 0 Å². The molecule has 1 N–H and O–H groups in total. The molecule has 1 aromatic heterocycles. The van der Waals surface area contributed by atoms with E-state index in [4.69, 9.17) is 0 Å². The second-order valence-corrected chi connectivity index (χ2v) is 9.74. The van der Waals surface area contributed by atoms with E-state index in [2.05, 4.69) is 15.5 Å². The summed E-state index contributed by atoms with van der Waals surface area (Å²) in [5, 5.41) is 9.84. The molecule has 13 heteroatoms. The minimum Gasteiger partial charge on any atom is -0.317 e. The SMILES string of the molecule is O=C(Nc1ccc(F)cc1F)c1nnc([C@@H]2CCCN2S(=O)(=O)c2cc(F)ccc2F)s1. The molecule has 1 atom stereocenters. The van der Waals surface area contributed by atoms with Crippen molar-refractivity contribution < 1.29 is 30.8 Å². The maximum atomic E-state index is 14.1. The fraction of sp³-hybridized carbons (Fsp3) is 0.211. The van der Waals surface area contributed by atoms with E-state index in [1.54, 1.807) is 0 Å². The van der Waals surface area contributed by atoms with Crippen LogP contribution < -0.4 is 5.32 Å². The van der Waals surface area contributed by atoms with Gasteiger partial charge >= 0.3 is 0 Å². The summed E-state index contributed by atoms with van der Waals surface area (Å²) in [4.78, 5) is 11.6. The van der Waals surface area contributed by atoms with Crippen molar-refractivity contribution in [1.82, 2.24) is 14.5 Å². The number of nitrogens with one attached hydrogen (secondary N) is 1. The first kappa shape index (κ1) is 22.3. The highest BCUT2D eigenvalue weighted by Gasteiger charge is 2.39. The summed E-state index contributed by atoms with van der Waals surface area (Å²) >= 11 is 0.784. The van der Waals surface area contributed by atoms with Crippen LogP contribution in [0.1, 0.15) is 33.7 Å². The highest BCUT2D eigenvalue weighted by Crippen LogP contribution is 2.38. The van der Waals surface area contributed by atoms with Crippen molar-refractivity contribution in [3.8, 4) is 0 Å². The van der Waals surface area contributed by atoms with E-state index in [9.17, 15) is 30.8 Å². The molecule has 0 aliphatic carbocycles. The summed E-state index contributed by atoms with van der Waals surface area (Å²) in [6.45, 7) is 0.0465. The second-order valence-electron chi connectivity index (χ2n) is 6.87. The number of benzene rings is 2. The highest BCUT2D eigenvalue weighted by atomic mass is 32.2. The molecule has 1 amide bonds. The molecule has 0 saturated carbocycles. The third-order valence-corrected chi connectivity index (χ3v) is 7.73. The van der Waals surface area contributed by atoms with Gasteiger partial charge in [-0.05, 0) is 43.2 Å². The van der Waals surface area contributed by atoms with Crippen molar-refractivity contribution in [3.05, 3.63) is 69.7 Å². The van der Waals surface area contributed by atoms with Crippen LogP contribution in [-0.2, 0) is 10.0 Å². The molecule has 2 heterocycles. The largest absolute Gasteiger partial charge is 0.317 e. The summed E-state index contributed by atoms with van der Waals surface area (Å²) in [6.07, 6.45) is 0.766. The predicted molar refractivity (Wildman–Crippen MR) is 106 cm³/mol. The summed E-state index contributed by atoms with van der Waals surface area (Å²) in [5.41, 5.74) is -0.264. The van der Waals surface area contributed by atoms with E-state index in [-0.39, 0.29) is 22.2 Å². The van der Waals surface area contributed by atoms with E-state index in [1.807, 2.05) is 0 Å². The van der Waals surface area contributed by atoms with Gasteiger partial charge in [-0.1, -0.05) is 11.3 Å². The first-order valence-electron chi connectivity index (χ1n) is 9.23. The van der Waals surface area contributed by atoms with Gasteiger partial charge in [0.15, 0.2) is 0 Å². The molecule has 1 aliphatic heterocycles. The van der Waals surface area contributed by atoms with Crippen LogP contribution in [0.15, 0.2) is 41.3 Å². The highest BCUT2D eigenvalue weighted by molar-refractivity contribution is 7.89. The molecule has 1 aliphatic rings. The Balaban J connectivity index is 1.58. The van der Waals surface area contributed by atoms with Crippen molar-refractivity contribution in [2.24, 2.45) is 0 Å². The lowest BCUT2D eigenvalue weighted by atomic mass is 10.2. The number of nitrogens with zero attached hydrogens (tertiary/aromatic N) is 3. The number of sulfonamides is 1. The smallest absolute Gasteiger partial charge is 0.286 e. The van der Waals surface area contributed by atoms with Crippen molar-refractivity contribution >= 4 is 33.0 Å². The zero-order valence-corrected chi connectivity index (χ0v) is 17.7. The van der Waals surface area contributed by atoms with Crippen LogP contribution in [0.2, 0.25) is 0 Å². The monoisotopic (exact) mass is 486 g/mol. The fourth-order valence-corrected chi connectivity index (χ4v) is 5.99. The zero-order chi connectivity index (χ0) is 23.0. The van der Waals surface area contributed by atoms with Gasteiger partial charge in [-0.3, -0.25) is 4.79 Å². The molecule has 7 nitrogen and oxygen atoms in total. The van der Waals surface area contributed by atoms with E-state index >= 15 is 0 Å². The molecule has 4 rings (SSSR count). The maximum absolute atomic E-state index is 14.1. The van der Waals surface area contributed by atoms with Gasteiger partial charge in [-0.2, -0.15) is 4.31 Å². The van der Waals surface area contributed by atoms with Gasteiger partial charge in [0.05, 0.1) is 11.7 Å². The molecule has 1 saturated heterocycles. The normalized spacial score (nSPS) is 16.9. The Morgan fingerprint density at radius 3 is 2.50 bits per heavy atom. The molecular formula is C19H14F4N4O3S2. The Morgan fingerprint density at radius 1 is 1.03 bits per heavy atom. The average molecular weight is 486 g/mol. The molecule has 32 heavy (non-hydrogen) atoms. The predicted octanol–water partition coefficient (Wildman–Crippen LogP) is 3.87. The molecule has 3 aromatic rings. The molecule has 2 aromatic carbocycles. The minimum absolute atomic E-state index is 0.0465. The number of hydrogen-bond acceptors (Lipinski definition) is 6. The number of amides is 1. The number of halogens is 4. The third kappa shape index (κ3) is 4.23. The second kappa shape index (κ2) is 8.56. The van der Waals surface area contributed by atoms with Crippen molar-refractivity contribution in [3.63, 3.8) is 0 Å². The molecule has 1 fully saturated rings. The van der Waals surface area contributed by atoms with Crippen LogP contribution >= 0.6 is 11.3 Å². The number of carbonyl (C=O) groups is 1.